The number of nitrogens with zero attached hydrogens (tertiary/aromatic N) is 1. The van der Waals surface area contributed by atoms with E-state index in [2.05, 4.69) is 16.7 Å². The lowest BCUT2D eigenvalue weighted by Gasteiger charge is -2.17. The van der Waals surface area contributed by atoms with Crippen LogP contribution >= 0.6 is 11.3 Å². The molecule has 0 spiro atoms. The minimum absolute atomic E-state index is 0.0897. The molecular formula is C21H21N3O4S. The van der Waals surface area contributed by atoms with Gasteiger partial charge in [-0.05, 0) is 30.4 Å². The first-order valence-corrected chi connectivity index (χ1v) is 10.1. The summed E-state index contributed by atoms with van der Waals surface area (Å²) in [5, 5.41) is 15.3. The quantitative estimate of drug-likeness (QED) is 0.681. The maximum atomic E-state index is 12.2. The Morgan fingerprint density at radius 2 is 2.00 bits per heavy atom. The van der Waals surface area contributed by atoms with Gasteiger partial charge in [-0.25, -0.2) is 0 Å². The number of nitriles is 1. The van der Waals surface area contributed by atoms with Crippen LogP contribution in [0.1, 0.15) is 47.4 Å². The molecule has 1 aliphatic rings. The summed E-state index contributed by atoms with van der Waals surface area (Å²) in [5.41, 5.74) is 2.30. The number of thiophene rings is 1. The lowest BCUT2D eigenvalue weighted by Crippen LogP contribution is -2.29. The maximum Gasteiger partial charge on any atom is 0.308 e. The summed E-state index contributed by atoms with van der Waals surface area (Å²) in [5.74, 6) is -1.36. The third-order valence-corrected chi connectivity index (χ3v) is 5.81. The number of carbonyl (C=O) groups excluding carboxylic acids is 3. The molecule has 150 valence electrons. The number of aryl methyl sites for hydroxylation is 1. The summed E-state index contributed by atoms with van der Waals surface area (Å²) in [6, 6.07) is 10.7. The molecular weight excluding hydrogens is 390 g/mol. The Bertz CT molecular complexity index is 962. The summed E-state index contributed by atoms with van der Waals surface area (Å²) in [7, 11) is 0. The SMILES string of the molecule is CC(=O)N[C@H](CC(=O)OCC(=O)Nc1sc2c(c1C#N)CCC2)c1ccccc1. The Morgan fingerprint density at radius 3 is 2.69 bits per heavy atom. The van der Waals surface area contributed by atoms with Crippen molar-refractivity contribution in [3.05, 3.63) is 51.9 Å². The van der Waals surface area contributed by atoms with E-state index in [-0.39, 0.29) is 12.3 Å². The molecule has 2 amide bonds. The second-order valence-electron chi connectivity index (χ2n) is 6.75. The van der Waals surface area contributed by atoms with Gasteiger partial charge in [0.15, 0.2) is 6.61 Å². The summed E-state index contributed by atoms with van der Waals surface area (Å²) >= 11 is 1.41. The van der Waals surface area contributed by atoms with Crippen LogP contribution in [-0.2, 0) is 32.0 Å². The van der Waals surface area contributed by atoms with E-state index < -0.39 is 24.5 Å². The number of benzene rings is 1. The Hall–Kier alpha value is -3.18. The highest BCUT2D eigenvalue weighted by Gasteiger charge is 2.24. The van der Waals surface area contributed by atoms with Crippen LogP contribution in [0.3, 0.4) is 0 Å². The molecule has 0 saturated carbocycles. The highest BCUT2D eigenvalue weighted by atomic mass is 32.1. The minimum atomic E-state index is -0.600. The fourth-order valence-corrected chi connectivity index (χ4v) is 4.58. The van der Waals surface area contributed by atoms with E-state index in [4.69, 9.17) is 4.74 Å². The summed E-state index contributed by atoms with van der Waals surface area (Å²) < 4.78 is 5.08. The summed E-state index contributed by atoms with van der Waals surface area (Å²) in [6.45, 7) is 0.924. The number of ether oxygens (including phenoxy) is 1. The van der Waals surface area contributed by atoms with E-state index in [1.807, 2.05) is 18.2 Å². The van der Waals surface area contributed by atoms with Crippen LogP contribution in [0.2, 0.25) is 0 Å². The smallest absolute Gasteiger partial charge is 0.308 e. The van der Waals surface area contributed by atoms with Crippen LogP contribution in [0.4, 0.5) is 5.00 Å². The second-order valence-corrected chi connectivity index (χ2v) is 7.86. The van der Waals surface area contributed by atoms with E-state index >= 15 is 0 Å². The second kappa shape index (κ2) is 9.34. The fraction of sp³-hybridized carbons (Fsp3) is 0.333. The van der Waals surface area contributed by atoms with E-state index in [9.17, 15) is 19.6 Å². The number of hydrogen-bond donors (Lipinski definition) is 2. The number of esters is 1. The fourth-order valence-electron chi connectivity index (χ4n) is 3.33. The van der Waals surface area contributed by atoms with E-state index in [0.717, 1.165) is 35.3 Å². The average Bonchev–Trinajstić information content (AvgIpc) is 3.27. The highest BCUT2D eigenvalue weighted by Crippen LogP contribution is 2.38. The molecule has 0 saturated heterocycles. The number of amides is 2. The number of nitrogens with one attached hydrogen (secondary N) is 2. The molecule has 0 aliphatic heterocycles. The molecule has 29 heavy (non-hydrogen) atoms. The molecule has 0 fully saturated rings. The van der Waals surface area contributed by atoms with E-state index in [0.29, 0.717) is 10.6 Å². The van der Waals surface area contributed by atoms with Crippen LogP contribution in [0.25, 0.3) is 0 Å². The Kier molecular flexibility index (Phi) is 6.62. The molecule has 0 radical (unpaired) electrons. The first-order chi connectivity index (χ1) is 14.0. The van der Waals surface area contributed by atoms with Gasteiger partial charge in [0.2, 0.25) is 5.91 Å². The molecule has 1 aromatic heterocycles. The van der Waals surface area contributed by atoms with Crippen LogP contribution in [0.15, 0.2) is 30.3 Å². The number of fused-ring (bicyclic) bond motifs is 1. The van der Waals surface area contributed by atoms with E-state index in [1.54, 1.807) is 12.1 Å². The number of anilines is 1. The van der Waals surface area contributed by atoms with Gasteiger partial charge in [-0.2, -0.15) is 5.26 Å². The van der Waals surface area contributed by atoms with Crippen molar-refractivity contribution in [3.63, 3.8) is 0 Å². The van der Waals surface area contributed by atoms with Crippen molar-refractivity contribution in [1.29, 1.82) is 5.26 Å². The summed E-state index contributed by atoms with van der Waals surface area (Å²) in [6.07, 6.45) is 2.71. The Labute approximate surface area is 172 Å². The van der Waals surface area contributed by atoms with Crippen molar-refractivity contribution in [1.82, 2.24) is 5.32 Å². The zero-order chi connectivity index (χ0) is 20.8. The first kappa shape index (κ1) is 20.6. The normalized spacial score (nSPS) is 13.1. The number of rotatable bonds is 7. The third-order valence-electron chi connectivity index (χ3n) is 4.60. The molecule has 1 aromatic carbocycles. The highest BCUT2D eigenvalue weighted by molar-refractivity contribution is 7.16. The zero-order valence-electron chi connectivity index (χ0n) is 16.0. The molecule has 0 bridgehead atoms. The van der Waals surface area contributed by atoms with Crippen molar-refractivity contribution in [2.45, 2.75) is 38.6 Å². The van der Waals surface area contributed by atoms with Gasteiger partial charge in [0.1, 0.15) is 11.1 Å². The number of carbonyl (C=O) groups is 3. The predicted molar refractivity (Wildman–Crippen MR) is 108 cm³/mol. The van der Waals surface area contributed by atoms with Gasteiger partial charge in [0.05, 0.1) is 18.0 Å². The molecule has 1 atom stereocenters. The predicted octanol–water partition coefficient (Wildman–Crippen LogP) is 2.86. The third kappa shape index (κ3) is 5.21. The largest absolute Gasteiger partial charge is 0.455 e. The first-order valence-electron chi connectivity index (χ1n) is 9.30. The van der Waals surface area contributed by atoms with Crippen LogP contribution in [0, 0.1) is 11.3 Å². The van der Waals surface area contributed by atoms with Gasteiger partial charge in [-0.15, -0.1) is 11.3 Å². The van der Waals surface area contributed by atoms with Gasteiger partial charge < -0.3 is 15.4 Å². The van der Waals surface area contributed by atoms with Gasteiger partial charge in [-0.1, -0.05) is 30.3 Å². The van der Waals surface area contributed by atoms with Gasteiger partial charge >= 0.3 is 5.97 Å². The molecule has 3 rings (SSSR count). The van der Waals surface area contributed by atoms with Crippen LogP contribution in [-0.4, -0.2) is 24.4 Å². The van der Waals surface area contributed by atoms with Gasteiger partial charge in [-0.3, -0.25) is 14.4 Å². The standard InChI is InChI=1S/C21H21N3O4S/c1-13(25)23-17(14-6-3-2-4-7-14)10-20(27)28-12-19(26)24-21-16(11-22)15-8-5-9-18(15)29-21/h2-4,6-7,17H,5,8-10,12H2,1H3,(H,23,25)(H,24,26)/t17-/m1/s1. The molecule has 1 aliphatic carbocycles. The zero-order valence-corrected chi connectivity index (χ0v) is 16.8. The molecule has 1 heterocycles. The molecule has 0 unspecified atom stereocenters. The van der Waals surface area contributed by atoms with Crippen molar-refractivity contribution in [2.75, 3.05) is 11.9 Å². The van der Waals surface area contributed by atoms with Crippen LogP contribution < -0.4 is 10.6 Å². The topological polar surface area (TPSA) is 108 Å². The van der Waals surface area contributed by atoms with Crippen molar-refractivity contribution < 1.29 is 19.1 Å². The van der Waals surface area contributed by atoms with Crippen molar-refractivity contribution in [2.24, 2.45) is 0 Å². The Morgan fingerprint density at radius 1 is 1.24 bits per heavy atom. The summed E-state index contributed by atoms with van der Waals surface area (Å²) in [4.78, 5) is 37.0. The minimum Gasteiger partial charge on any atom is -0.455 e. The van der Waals surface area contributed by atoms with Gasteiger partial charge in [0, 0.05) is 11.8 Å². The van der Waals surface area contributed by atoms with E-state index in [1.165, 1.54) is 18.3 Å². The molecule has 8 heteroatoms. The van der Waals surface area contributed by atoms with Crippen molar-refractivity contribution >= 4 is 34.1 Å². The Balaban J connectivity index is 1.55. The monoisotopic (exact) mass is 411 g/mol. The van der Waals surface area contributed by atoms with Crippen molar-refractivity contribution in [3.8, 4) is 6.07 Å². The van der Waals surface area contributed by atoms with Gasteiger partial charge in [0.25, 0.3) is 5.91 Å². The molecule has 2 aromatic rings. The average molecular weight is 411 g/mol. The number of hydrogen-bond acceptors (Lipinski definition) is 6. The van der Waals surface area contributed by atoms with Crippen LogP contribution in [0.5, 0.6) is 0 Å². The maximum absolute atomic E-state index is 12.2. The molecule has 7 nitrogen and oxygen atoms in total. The molecule has 2 N–H and O–H groups in total. The lowest BCUT2D eigenvalue weighted by atomic mass is 10.0. The lowest BCUT2D eigenvalue weighted by molar-refractivity contribution is -0.148.